The number of aliphatic carboxylic acids is 1. The maximum absolute atomic E-state index is 12.0. The SMILES string of the molecule is Nc1cccc(CC(=O)NC2CCCC(C(=O)O)C2)c1. The third-order valence-corrected chi connectivity index (χ3v) is 3.70. The molecule has 1 aromatic carbocycles. The van der Waals surface area contributed by atoms with Gasteiger partial charge in [0.15, 0.2) is 0 Å². The molecule has 0 aromatic heterocycles. The summed E-state index contributed by atoms with van der Waals surface area (Å²) in [5.74, 6) is -1.17. The summed E-state index contributed by atoms with van der Waals surface area (Å²) in [6.45, 7) is 0. The highest BCUT2D eigenvalue weighted by Crippen LogP contribution is 2.24. The number of anilines is 1. The number of carboxylic acids is 1. The first-order chi connectivity index (χ1) is 9.54. The Morgan fingerprint density at radius 2 is 2.15 bits per heavy atom. The Kier molecular flexibility index (Phi) is 4.61. The van der Waals surface area contributed by atoms with Crippen LogP contribution in [0.2, 0.25) is 0 Å². The van der Waals surface area contributed by atoms with Gasteiger partial charge in [-0.05, 0) is 37.0 Å². The van der Waals surface area contributed by atoms with E-state index in [1.165, 1.54) is 0 Å². The van der Waals surface area contributed by atoms with E-state index in [9.17, 15) is 9.59 Å². The van der Waals surface area contributed by atoms with Crippen molar-refractivity contribution in [1.82, 2.24) is 5.32 Å². The molecule has 2 rings (SSSR count). The van der Waals surface area contributed by atoms with Gasteiger partial charge in [0.2, 0.25) is 5.91 Å². The van der Waals surface area contributed by atoms with Crippen LogP contribution in [0.3, 0.4) is 0 Å². The number of nitrogens with two attached hydrogens (primary N) is 1. The summed E-state index contributed by atoms with van der Waals surface area (Å²) < 4.78 is 0. The highest BCUT2D eigenvalue weighted by atomic mass is 16.4. The molecular weight excluding hydrogens is 256 g/mol. The Morgan fingerprint density at radius 1 is 1.35 bits per heavy atom. The minimum Gasteiger partial charge on any atom is -0.481 e. The molecule has 5 nitrogen and oxygen atoms in total. The average molecular weight is 276 g/mol. The summed E-state index contributed by atoms with van der Waals surface area (Å²) >= 11 is 0. The van der Waals surface area contributed by atoms with Crippen LogP contribution in [0.1, 0.15) is 31.2 Å². The first-order valence-electron chi connectivity index (χ1n) is 6.91. The third kappa shape index (κ3) is 3.98. The summed E-state index contributed by atoms with van der Waals surface area (Å²) in [7, 11) is 0. The van der Waals surface area contributed by atoms with Gasteiger partial charge in [0.1, 0.15) is 0 Å². The molecule has 1 fully saturated rings. The van der Waals surface area contributed by atoms with Crippen LogP contribution in [-0.4, -0.2) is 23.0 Å². The number of nitrogen functional groups attached to an aromatic ring is 1. The Balaban J connectivity index is 1.86. The predicted molar refractivity (Wildman–Crippen MR) is 76.1 cm³/mol. The fourth-order valence-electron chi connectivity index (χ4n) is 2.71. The Morgan fingerprint density at radius 3 is 2.85 bits per heavy atom. The van der Waals surface area contributed by atoms with Crippen LogP contribution >= 0.6 is 0 Å². The molecule has 5 heteroatoms. The van der Waals surface area contributed by atoms with Crippen molar-refractivity contribution >= 4 is 17.6 Å². The van der Waals surface area contributed by atoms with Crippen molar-refractivity contribution in [3.05, 3.63) is 29.8 Å². The van der Waals surface area contributed by atoms with Gasteiger partial charge in [-0.3, -0.25) is 9.59 Å². The van der Waals surface area contributed by atoms with Crippen LogP contribution in [-0.2, 0) is 16.0 Å². The lowest BCUT2D eigenvalue weighted by Crippen LogP contribution is -2.40. The van der Waals surface area contributed by atoms with Gasteiger partial charge in [0, 0.05) is 11.7 Å². The van der Waals surface area contributed by atoms with Gasteiger partial charge in [0.05, 0.1) is 12.3 Å². The highest BCUT2D eigenvalue weighted by molar-refractivity contribution is 5.79. The summed E-state index contributed by atoms with van der Waals surface area (Å²) in [6.07, 6.45) is 3.21. The van der Waals surface area contributed by atoms with Crippen molar-refractivity contribution in [3.8, 4) is 0 Å². The lowest BCUT2D eigenvalue weighted by molar-refractivity contribution is -0.143. The Labute approximate surface area is 118 Å². The molecule has 1 aromatic rings. The summed E-state index contributed by atoms with van der Waals surface area (Å²) in [5, 5.41) is 12.0. The third-order valence-electron chi connectivity index (χ3n) is 3.70. The zero-order valence-corrected chi connectivity index (χ0v) is 11.3. The maximum Gasteiger partial charge on any atom is 0.306 e. The molecule has 2 unspecified atom stereocenters. The number of nitrogens with one attached hydrogen (secondary N) is 1. The average Bonchev–Trinajstić information content (AvgIpc) is 2.38. The zero-order valence-electron chi connectivity index (χ0n) is 11.3. The van der Waals surface area contributed by atoms with Gasteiger partial charge < -0.3 is 16.2 Å². The second-order valence-electron chi connectivity index (χ2n) is 5.39. The first-order valence-corrected chi connectivity index (χ1v) is 6.91. The van der Waals surface area contributed by atoms with Crippen LogP contribution in [0.25, 0.3) is 0 Å². The Bertz CT molecular complexity index is 502. The molecule has 1 aliphatic rings. The maximum atomic E-state index is 12.0. The fraction of sp³-hybridized carbons (Fsp3) is 0.467. The van der Waals surface area contributed by atoms with Gasteiger partial charge in [0.25, 0.3) is 0 Å². The lowest BCUT2D eigenvalue weighted by Gasteiger charge is -2.27. The highest BCUT2D eigenvalue weighted by Gasteiger charge is 2.27. The number of carbonyl (C=O) groups is 2. The molecule has 20 heavy (non-hydrogen) atoms. The molecule has 0 heterocycles. The molecule has 2 atom stereocenters. The largest absolute Gasteiger partial charge is 0.481 e. The quantitative estimate of drug-likeness (QED) is 0.728. The van der Waals surface area contributed by atoms with Gasteiger partial charge in [-0.15, -0.1) is 0 Å². The van der Waals surface area contributed by atoms with Crippen molar-refractivity contribution < 1.29 is 14.7 Å². The van der Waals surface area contributed by atoms with E-state index >= 15 is 0 Å². The second-order valence-corrected chi connectivity index (χ2v) is 5.39. The van der Waals surface area contributed by atoms with E-state index in [0.717, 1.165) is 18.4 Å². The Hall–Kier alpha value is -2.04. The van der Waals surface area contributed by atoms with E-state index in [4.69, 9.17) is 10.8 Å². The molecule has 0 bridgehead atoms. The predicted octanol–water partition coefficient (Wildman–Crippen LogP) is 1.57. The summed E-state index contributed by atoms with van der Waals surface area (Å²) in [6, 6.07) is 7.20. The fourth-order valence-corrected chi connectivity index (χ4v) is 2.71. The minimum atomic E-state index is -0.764. The van der Waals surface area contributed by atoms with Crippen molar-refractivity contribution in [2.45, 2.75) is 38.1 Å². The molecule has 0 aliphatic heterocycles. The van der Waals surface area contributed by atoms with Crippen LogP contribution in [0.5, 0.6) is 0 Å². The van der Waals surface area contributed by atoms with E-state index in [0.29, 0.717) is 18.5 Å². The van der Waals surface area contributed by atoms with E-state index in [1.807, 2.05) is 12.1 Å². The number of hydrogen-bond donors (Lipinski definition) is 3. The smallest absolute Gasteiger partial charge is 0.306 e. The van der Waals surface area contributed by atoms with Crippen LogP contribution in [0.4, 0.5) is 5.69 Å². The van der Waals surface area contributed by atoms with Gasteiger partial charge in [-0.2, -0.15) is 0 Å². The van der Waals surface area contributed by atoms with Crippen molar-refractivity contribution in [1.29, 1.82) is 0 Å². The normalized spacial score (nSPS) is 22.2. The zero-order chi connectivity index (χ0) is 14.5. The monoisotopic (exact) mass is 276 g/mol. The minimum absolute atomic E-state index is 0.0293. The van der Waals surface area contributed by atoms with Crippen molar-refractivity contribution in [2.24, 2.45) is 5.92 Å². The van der Waals surface area contributed by atoms with Crippen LogP contribution in [0.15, 0.2) is 24.3 Å². The first kappa shape index (κ1) is 14.4. The number of amides is 1. The standard InChI is InChI=1S/C15H20N2O3/c16-12-5-1-3-10(7-12)8-14(18)17-13-6-2-4-11(9-13)15(19)20/h1,3,5,7,11,13H,2,4,6,8-9,16H2,(H,17,18)(H,19,20). The number of carbonyl (C=O) groups excluding carboxylic acids is 1. The molecule has 0 radical (unpaired) electrons. The molecule has 1 saturated carbocycles. The van der Waals surface area contributed by atoms with E-state index in [2.05, 4.69) is 5.32 Å². The van der Waals surface area contributed by atoms with Gasteiger partial charge in [-0.1, -0.05) is 18.6 Å². The molecular formula is C15H20N2O3. The molecule has 108 valence electrons. The van der Waals surface area contributed by atoms with Crippen LogP contribution < -0.4 is 11.1 Å². The van der Waals surface area contributed by atoms with Gasteiger partial charge >= 0.3 is 5.97 Å². The van der Waals surface area contributed by atoms with E-state index < -0.39 is 5.97 Å². The molecule has 4 N–H and O–H groups in total. The number of carboxylic acid groups (broad SMARTS) is 1. The van der Waals surface area contributed by atoms with Crippen molar-refractivity contribution in [3.63, 3.8) is 0 Å². The molecule has 1 amide bonds. The molecule has 0 saturated heterocycles. The number of hydrogen-bond acceptors (Lipinski definition) is 3. The molecule has 0 spiro atoms. The number of rotatable bonds is 4. The summed E-state index contributed by atoms with van der Waals surface area (Å²) in [4.78, 5) is 23.0. The summed E-state index contributed by atoms with van der Waals surface area (Å²) in [5.41, 5.74) is 7.18. The lowest BCUT2D eigenvalue weighted by atomic mass is 9.85. The second kappa shape index (κ2) is 6.41. The topological polar surface area (TPSA) is 92.4 Å². The van der Waals surface area contributed by atoms with Crippen molar-refractivity contribution in [2.75, 3.05) is 5.73 Å². The van der Waals surface area contributed by atoms with E-state index in [1.54, 1.807) is 12.1 Å². The number of benzene rings is 1. The molecule has 1 aliphatic carbocycles. The van der Waals surface area contributed by atoms with Crippen LogP contribution in [0, 0.1) is 5.92 Å². The van der Waals surface area contributed by atoms with E-state index in [-0.39, 0.29) is 24.3 Å². The van der Waals surface area contributed by atoms with Gasteiger partial charge in [-0.25, -0.2) is 0 Å².